The van der Waals surface area contributed by atoms with Gasteiger partial charge in [0.25, 0.3) is 0 Å². The molecule has 262 valence electrons. The zero-order valence-electron chi connectivity index (χ0n) is 28.1. The lowest BCUT2D eigenvalue weighted by Crippen LogP contribution is -2.56. The van der Waals surface area contributed by atoms with E-state index in [1.165, 1.54) is 0 Å². The number of hydrogen-bond donors (Lipinski definition) is 3. The maximum absolute atomic E-state index is 14.0. The number of carbonyl (C=O) groups is 3. The molecule has 1 atom stereocenters. The molecule has 0 radical (unpaired) electrons. The number of carbonyl (C=O) groups excluding carboxylic acids is 3. The van der Waals surface area contributed by atoms with Crippen LogP contribution in [0.15, 0.2) is 42.6 Å². The molecular weight excluding hydrogens is 646 g/mol. The van der Waals surface area contributed by atoms with Crippen LogP contribution in [-0.4, -0.2) is 137 Å². The highest BCUT2D eigenvalue weighted by molar-refractivity contribution is 6.35. The number of hydrogen-bond acceptors (Lipinski definition) is 8. The molecule has 4 amide bonds. The van der Waals surface area contributed by atoms with Crippen LogP contribution >= 0.6 is 11.6 Å². The van der Waals surface area contributed by atoms with Crippen molar-refractivity contribution >= 4 is 46.2 Å². The largest absolute Gasteiger partial charge is 0.426 e. The molecule has 3 aromatic rings. The summed E-state index contributed by atoms with van der Waals surface area (Å²) in [5.74, 6) is -0.121. The Morgan fingerprint density at radius 1 is 0.980 bits per heavy atom. The van der Waals surface area contributed by atoms with Crippen LogP contribution in [-0.2, 0) is 22.5 Å². The van der Waals surface area contributed by atoms with Gasteiger partial charge >= 0.3 is 12.1 Å². The molecule has 4 aliphatic rings. The number of fused-ring (bicyclic) bond motifs is 2. The van der Waals surface area contributed by atoms with Gasteiger partial charge in [-0.1, -0.05) is 29.8 Å². The first-order valence-electron chi connectivity index (χ1n) is 17.5. The van der Waals surface area contributed by atoms with Crippen molar-refractivity contribution in [3.05, 3.63) is 58.7 Å². The van der Waals surface area contributed by atoms with E-state index in [9.17, 15) is 14.4 Å². The Kier molecular flexibility index (Phi) is 10.2. The number of aromatic amines is 1. The third-order valence-corrected chi connectivity index (χ3v) is 10.9. The number of likely N-dealkylation sites (tertiary alicyclic amines) is 1. The Morgan fingerprint density at radius 2 is 1.71 bits per heavy atom. The topological polar surface area (TPSA) is 129 Å². The molecule has 3 fully saturated rings. The predicted molar refractivity (Wildman–Crippen MR) is 187 cm³/mol. The monoisotopic (exact) mass is 691 g/mol. The van der Waals surface area contributed by atoms with E-state index in [0.29, 0.717) is 56.6 Å². The Morgan fingerprint density at radius 3 is 2.49 bits per heavy atom. The van der Waals surface area contributed by atoms with Crippen LogP contribution in [0.25, 0.3) is 10.9 Å². The van der Waals surface area contributed by atoms with E-state index in [0.717, 1.165) is 73.2 Å². The van der Waals surface area contributed by atoms with Crippen LogP contribution in [0.5, 0.6) is 0 Å². The first-order valence-corrected chi connectivity index (χ1v) is 17.9. The van der Waals surface area contributed by atoms with Crippen molar-refractivity contribution in [3.8, 4) is 0 Å². The quantitative estimate of drug-likeness (QED) is 0.343. The summed E-state index contributed by atoms with van der Waals surface area (Å²) in [6.07, 6.45) is 5.25. The van der Waals surface area contributed by atoms with Gasteiger partial charge in [0, 0.05) is 88.5 Å². The first-order chi connectivity index (χ1) is 23.8. The number of nitrogens with one attached hydrogen (secondary N) is 3. The fourth-order valence-corrected chi connectivity index (χ4v) is 8.05. The number of para-hydroxylation sites is 1. The van der Waals surface area contributed by atoms with Crippen LogP contribution in [0.4, 0.5) is 15.3 Å². The van der Waals surface area contributed by atoms with Crippen molar-refractivity contribution in [2.45, 2.75) is 56.7 Å². The standard InChI is InChI=1S/C35H46ClN9O4/c1-41-16-18-42(19-17-41)27-7-11-43(12-8-27)33(46)31(22-24-20-26-23-37-40-32(26)29(36)21-24)39-35(48)49-44-13-9-28(10-14-44)45-15-6-25-4-2-3-5-30(25)38-34(45)47/h2-5,20-21,23,27-28,31H,6-19,22H2,1H3,(H,37,40)(H,38,47)(H,39,48). The fraction of sp³-hybridized carbons (Fsp3) is 0.543. The zero-order valence-corrected chi connectivity index (χ0v) is 28.8. The average molecular weight is 692 g/mol. The molecule has 1 unspecified atom stereocenters. The summed E-state index contributed by atoms with van der Waals surface area (Å²) in [7, 11) is 2.16. The molecule has 0 aliphatic carbocycles. The summed E-state index contributed by atoms with van der Waals surface area (Å²) >= 11 is 6.54. The van der Waals surface area contributed by atoms with Crippen LogP contribution in [0.2, 0.25) is 5.02 Å². The third-order valence-electron chi connectivity index (χ3n) is 10.6. The van der Waals surface area contributed by atoms with Gasteiger partial charge in [-0.2, -0.15) is 5.10 Å². The van der Waals surface area contributed by atoms with Crippen LogP contribution in [0.1, 0.15) is 36.8 Å². The van der Waals surface area contributed by atoms with E-state index in [4.69, 9.17) is 16.4 Å². The zero-order chi connectivity index (χ0) is 33.9. The highest BCUT2D eigenvalue weighted by Crippen LogP contribution is 2.27. The van der Waals surface area contributed by atoms with Gasteiger partial charge in [-0.3, -0.25) is 14.8 Å². The van der Waals surface area contributed by atoms with Crippen LogP contribution < -0.4 is 10.6 Å². The minimum Gasteiger partial charge on any atom is -0.351 e. The molecule has 4 aliphatic heterocycles. The second kappa shape index (κ2) is 14.9. The molecule has 13 nitrogen and oxygen atoms in total. The number of amides is 4. The second-order valence-corrected chi connectivity index (χ2v) is 14.2. The summed E-state index contributed by atoms with van der Waals surface area (Å²) in [5.41, 5.74) is 3.55. The maximum Gasteiger partial charge on any atom is 0.426 e. The van der Waals surface area contributed by atoms with Gasteiger partial charge < -0.3 is 30.2 Å². The number of H-pyrrole nitrogens is 1. The lowest BCUT2D eigenvalue weighted by molar-refractivity contribution is -0.137. The van der Waals surface area contributed by atoms with E-state index in [-0.39, 0.29) is 24.4 Å². The lowest BCUT2D eigenvalue weighted by Gasteiger charge is -2.42. The van der Waals surface area contributed by atoms with E-state index < -0.39 is 12.1 Å². The Labute approximate surface area is 291 Å². The van der Waals surface area contributed by atoms with Gasteiger partial charge in [-0.15, -0.1) is 5.06 Å². The molecule has 5 heterocycles. The number of urea groups is 1. The number of hydroxylamine groups is 2. The number of anilines is 1. The van der Waals surface area contributed by atoms with Crippen molar-refractivity contribution in [1.82, 2.24) is 40.2 Å². The summed E-state index contributed by atoms with van der Waals surface area (Å²) < 4.78 is 0. The molecule has 14 heteroatoms. The Bertz CT molecular complexity index is 1640. The highest BCUT2D eigenvalue weighted by atomic mass is 35.5. The number of halogens is 1. The SMILES string of the molecule is CN1CCN(C2CCN(C(=O)C(Cc3cc(Cl)c4[nH]ncc4c3)NC(=O)ON3CCC(N4CCc5ccccc5NC4=O)CC3)CC2)CC1. The smallest absolute Gasteiger partial charge is 0.351 e. The van der Waals surface area contributed by atoms with Crippen molar-refractivity contribution < 1.29 is 19.2 Å². The third kappa shape index (κ3) is 7.80. The van der Waals surface area contributed by atoms with E-state index in [1.807, 2.05) is 46.2 Å². The molecule has 2 aromatic carbocycles. The number of aromatic nitrogens is 2. The maximum atomic E-state index is 14.0. The Hall–Kier alpha value is -3.91. The molecule has 49 heavy (non-hydrogen) atoms. The van der Waals surface area contributed by atoms with Gasteiger partial charge in [-0.05, 0) is 68.5 Å². The molecule has 1 aromatic heterocycles. The summed E-state index contributed by atoms with van der Waals surface area (Å²) in [6, 6.07) is 11.3. The van der Waals surface area contributed by atoms with Crippen molar-refractivity contribution in [1.29, 1.82) is 0 Å². The molecule has 3 saturated heterocycles. The normalized spacial score (nSPS) is 21.2. The molecule has 0 spiro atoms. The van der Waals surface area contributed by atoms with Crippen molar-refractivity contribution in [2.24, 2.45) is 0 Å². The van der Waals surface area contributed by atoms with Crippen LogP contribution in [0, 0.1) is 0 Å². The van der Waals surface area contributed by atoms with Crippen LogP contribution in [0.3, 0.4) is 0 Å². The minimum atomic E-state index is -0.826. The van der Waals surface area contributed by atoms with Gasteiger partial charge in [-0.25, -0.2) is 9.59 Å². The summed E-state index contributed by atoms with van der Waals surface area (Å²) in [4.78, 5) is 54.9. The van der Waals surface area contributed by atoms with E-state index in [2.05, 4.69) is 37.7 Å². The van der Waals surface area contributed by atoms with E-state index >= 15 is 0 Å². The van der Waals surface area contributed by atoms with Gasteiger partial charge in [0.2, 0.25) is 5.91 Å². The first kappa shape index (κ1) is 33.6. The number of rotatable bonds is 7. The number of benzene rings is 2. The Balaban J connectivity index is 0.964. The number of likely N-dealkylation sites (N-methyl/N-ethyl adjacent to an activating group) is 1. The second-order valence-electron chi connectivity index (χ2n) is 13.8. The minimum absolute atomic E-state index is 0.0444. The fourth-order valence-electron chi connectivity index (χ4n) is 7.75. The molecule has 3 N–H and O–H groups in total. The van der Waals surface area contributed by atoms with E-state index in [1.54, 1.807) is 11.3 Å². The van der Waals surface area contributed by atoms with Crippen molar-refractivity contribution in [2.75, 3.05) is 71.3 Å². The highest BCUT2D eigenvalue weighted by Gasteiger charge is 2.35. The summed E-state index contributed by atoms with van der Waals surface area (Å²) in [5, 5.41) is 15.9. The molecule has 7 rings (SSSR count). The number of nitrogens with zero attached hydrogens (tertiary/aromatic N) is 6. The van der Waals surface area contributed by atoms with Gasteiger partial charge in [0.15, 0.2) is 0 Å². The molecule has 0 saturated carbocycles. The molecular formula is C35H46ClN9O4. The number of piperidine rings is 2. The average Bonchev–Trinajstić information content (AvgIpc) is 3.52. The van der Waals surface area contributed by atoms with Crippen molar-refractivity contribution in [3.63, 3.8) is 0 Å². The predicted octanol–water partition coefficient (Wildman–Crippen LogP) is 3.56. The van der Waals surface area contributed by atoms with Gasteiger partial charge in [0.05, 0.1) is 16.7 Å². The van der Waals surface area contributed by atoms with Gasteiger partial charge in [0.1, 0.15) is 6.04 Å². The molecule has 0 bridgehead atoms. The lowest BCUT2D eigenvalue weighted by atomic mass is 9.99. The summed E-state index contributed by atoms with van der Waals surface area (Å²) in [6.45, 7) is 7.15. The number of piperazine rings is 1.